The summed E-state index contributed by atoms with van der Waals surface area (Å²) >= 11 is 0. The summed E-state index contributed by atoms with van der Waals surface area (Å²) < 4.78 is 81.2. The Hall–Kier alpha value is -1.52. The summed E-state index contributed by atoms with van der Waals surface area (Å²) in [6.07, 6.45) is -6.57. The number of hydrogen-bond acceptors (Lipinski definition) is 3. The Kier molecular flexibility index (Phi) is 3.90. The molecule has 0 bridgehead atoms. The van der Waals surface area contributed by atoms with Crippen LogP contribution in [0, 0.1) is 0 Å². The zero-order valence-corrected chi connectivity index (χ0v) is 13.8. The van der Waals surface area contributed by atoms with Crippen LogP contribution in [0.2, 0.25) is 0 Å². The van der Waals surface area contributed by atoms with Gasteiger partial charge in [0.15, 0.2) is 0 Å². The van der Waals surface area contributed by atoms with Crippen molar-refractivity contribution < 1.29 is 41.0 Å². The number of hydrogen-bond donors (Lipinski definition) is 2. The second kappa shape index (κ2) is 5.26. The van der Waals surface area contributed by atoms with Gasteiger partial charge in [0.05, 0.1) is 12.1 Å². The number of aliphatic hydroxyl groups is 1. The van der Waals surface area contributed by atoms with Gasteiger partial charge in [0.1, 0.15) is 6.10 Å². The van der Waals surface area contributed by atoms with Crippen LogP contribution >= 0.6 is 0 Å². The van der Waals surface area contributed by atoms with Gasteiger partial charge in [0.2, 0.25) is 0 Å². The van der Waals surface area contributed by atoms with E-state index in [2.05, 4.69) is 5.32 Å². The molecule has 26 heavy (non-hydrogen) atoms. The maximum absolute atomic E-state index is 14.0. The van der Waals surface area contributed by atoms with E-state index in [1.165, 1.54) is 6.92 Å². The zero-order valence-electron chi connectivity index (χ0n) is 13.8. The van der Waals surface area contributed by atoms with Crippen LogP contribution in [0.15, 0.2) is 0 Å². The lowest BCUT2D eigenvalue weighted by Gasteiger charge is -2.45. The molecule has 2 N–H and O–H groups in total. The summed E-state index contributed by atoms with van der Waals surface area (Å²) in [6, 6.07) is 0. The molecule has 0 aromatic carbocycles. The maximum atomic E-state index is 14.0. The Morgan fingerprint density at radius 2 is 1.58 bits per heavy atom. The predicted molar refractivity (Wildman–Crippen MR) is 74.9 cm³/mol. The summed E-state index contributed by atoms with van der Waals surface area (Å²) in [5.41, 5.74) is -3.64. The Bertz CT molecular complexity index is 647. The van der Waals surface area contributed by atoms with Crippen molar-refractivity contribution in [1.29, 1.82) is 0 Å². The van der Waals surface area contributed by atoms with Crippen LogP contribution in [0.1, 0.15) is 39.0 Å². The van der Waals surface area contributed by atoms with Crippen molar-refractivity contribution in [2.75, 3.05) is 6.54 Å². The average molecular weight is 388 g/mol. The van der Waals surface area contributed by atoms with Crippen LogP contribution < -0.4 is 5.32 Å². The lowest BCUT2D eigenvalue weighted by molar-refractivity contribution is -0.159. The maximum Gasteiger partial charge on any atom is 0.312 e. The first-order valence-corrected chi connectivity index (χ1v) is 8.07. The fraction of sp³-hybridized carbons (Fsp3) is 0.867. The number of aliphatic hydroxyl groups excluding tert-OH is 1. The number of carbonyl (C=O) groups is 2. The molecule has 0 unspecified atom stereocenters. The molecule has 3 rings (SSSR count). The molecule has 0 aromatic heterocycles. The van der Waals surface area contributed by atoms with Crippen molar-refractivity contribution in [3.63, 3.8) is 0 Å². The second-order valence-corrected chi connectivity index (χ2v) is 7.92. The SMILES string of the molecule is CC1(NC(=O)C(=O)N2CC(F)(F)[C@H](O)[C@]23CCC(F)(F)C3)CC(F)(F)C1. The van der Waals surface area contributed by atoms with Gasteiger partial charge in [0.25, 0.3) is 17.8 Å². The summed E-state index contributed by atoms with van der Waals surface area (Å²) in [4.78, 5) is 24.8. The van der Waals surface area contributed by atoms with E-state index in [1.807, 2.05) is 0 Å². The van der Waals surface area contributed by atoms with Crippen molar-refractivity contribution >= 4 is 11.8 Å². The number of nitrogens with one attached hydrogen (secondary N) is 1. The number of likely N-dealkylation sites (tertiary alicyclic amines) is 1. The Morgan fingerprint density at radius 1 is 1.00 bits per heavy atom. The lowest BCUT2D eigenvalue weighted by Crippen LogP contribution is -2.64. The summed E-state index contributed by atoms with van der Waals surface area (Å²) in [5, 5.41) is 12.0. The van der Waals surface area contributed by atoms with Gasteiger partial charge in [-0.05, 0) is 13.3 Å². The molecule has 1 heterocycles. The monoisotopic (exact) mass is 388 g/mol. The van der Waals surface area contributed by atoms with Crippen LogP contribution in [-0.2, 0) is 9.59 Å². The molecule has 3 fully saturated rings. The minimum atomic E-state index is -3.86. The topological polar surface area (TPSA) is 69.6 Å². The summed E-state index contributed by atoms with van der Waals surface area (Å²) in [6.45, 7) is -0.119. The molecule has 0 radical (unpaired) electrons. The molecule has 1 aliphatic heterocycles. The molecule has 3 aliphatic rings. The van der Waals surface area contributed by atoms with E-state index in [1.54, 1.807) is 0 Å². The van der Waals surface area contributed by atoms with E-state index < -0.39 is 85.4 Å². The highest BCUT2D eigenvalue weighted by Gasteiger charge is 2.70. The predicted octanol–water partition coefficient (Wildman–Crippen LogP) is 1.69. The Balaban J connectivity index is 1.80. The van der Waals surface area contributed by atoms with Gasteiger partial charge in [-0.15, -0.1) is 0 Å². The number of nitrogens with zero attached hydrogens (tertiary/aromatic N) is 1. The van der Waals surface area contributed by atoms with Crippen molar-refractivity contribution in [1.82, 2.24) is 10.2 Å². The molecule has 2 amide bonds. The highest BCUT2D eigenvalue weighted by molar-refractivity contribution is 6.35. The molecule has 1 spiro atoms. The molecular weight excluding hydrogens is 370 g/mol. The van der Waals surface area contributed by atoms with Crippen LogP contribution in [0.25, 0.3) is 0 Å². The first kappa shape index (κ1) is 19.2. The number of rotatable bonds is 1. The van der Waals surface area contributed by atoms with Gasteiger partial charge in [-0.25, -0.2) is 26.3 Å². The Morgan fingerprint density at radius 3 is 2.04 bits per heavy atom. The molecule has 2 saturated carbocycles. The first-order chi connectivity index (χ1) is 11.6. The van der Waals surface area contributed by atoms with E-state index in [4.69, 9.17) is 0 Å². The highest BCUT2D eigenvalue weighted by Crippen LogP contribution is 2.54. The largest absolute Gasteiger partial charge is 0.384 e. The van der Waals surface area contributed by atoms with Crippen molar-refractivity contribution in [2.45, 2.75) is 74.0 Å². The van der Waals surface area contributed by atoms with Crippen molar-refractivity contribution in [2.24, 2.45) is 0 Å². The third-order valence-electron chi connectivity index (χ3n) is 5.46. The normalized spacial score (nSPS) is 36.0. The van der Waals surface area contributed by atoms with Crippen LogP contribution in [-0.4, -0.2) is 63.3 Å². The zero-order chi connectivity index (χ0) is 19.8. The third kappa shape index (κ3) is 2.93. The van der Waals surface area contributed by atoms with E-state index in [0.29, 0.717) is 0 Å². The van der Waals surface area contributed by atoms with E-state index in [9.17, 15) is 41.0 Å². The number of alkyl halides is 6. The van der Waals surface area contributed by atoms with Crippen molar-refractivity contribution in [3.05, 3.63) is 0 Å². The number of amides is 2. The van der Waals surface area contributed by atoms with Gasteiger partial charge in [-0.3, -0.25) is 9.59 Å². The minimum Gasteiger partial charge on any atom is -0.384 e. The van der Waals surface area contributed by atoms with Gasteiger partial charge >= 0.3 is 11.8 Å². The smallest absolute Gasteiger partial charge is 0.312 e. The van der Waals surface area contributed by atoms with Crippen LogP contribution in [0.4, 0.5) is 26.3 Å². The van der Waals surface area contributed by atoms with Gasteiger partial charge in [-0.1, -0.05) is 0 Å². The summed E-state index contributed by atoms with van der Waals surface area (Å²) in [5.74, 6) is -13.2. The molecule has 1 saturated heterocycles. The summed E-state index contributed by atoms with van der Waals surface area (Å²) in [7, 11) is 0. The van der Waals surface area contributed by atoms with Crippen LogP contribution in [0.5, 0.6) is 0 Å². The lowest BCUT2D eigenvalue weighted by atomic mass is 9.75. The quantitative estimate of drug-likeness (QED) is 0.531. The second-order valence-electron chi connectivity index (χ2n) is 7.92. The molecular formula is C15H18F6N2O3. The molecule has 0 aromatic rings. The van der Waals surface area contributed by atoms with Crippen molar-refractivity contribution in [3.8, 4) is 0 Å². The average Bonchev–Trinajstić information content (AvgIpc) is 2.85. The van der Waals surface area contributed by atoms with Gasteiger partial charge in [-0.2, -0.15) is 0 Å². The first-order valence-electron chi connectivity index (χ1n) is 8.07. The molecule has 2 aliphatic carbocycles. The molecule has 5 nitrogen and oxygen atoms in total. The van der Waals surface area contributed by atoms with E-state index >= 15 is 0 Å². The Labute approximate surface area is 144 Å². The third-order valence-corrected chi connectivity index (χ3v) is 5.46. The molecule has 2 atom stereocenters. The fourth-order valence-electron chi connectivity index (χ4n) is 4.39. The van der Waals surface area contributed by atoms with Gasteiger partial charge in [0, 0.05) is 31.2 Å². The highest BCUT2D eigenvalue weighted by atomic mass is 19.3. The fourth-order valence-corrected chi connectivity index (χ4v) is 4.39. The molecule has 11 heteroatoms. The van der Waals surface area contributed by atoms with Gasteiger partial charge < -0.3 is 15.3 Å². The number of halogens is 6. The van der Waals surface area contributed by atoms with Crippen LogP contribution in [0.3, 0.4) is 0 Å². The van der Waals surface area contributed by atoms with E-state index in [-0.39, 0.29) is 4.90 Å². The standard InChI is InChI=1S/C15H18F6N2O3/c1-11(4-14(18,19)5-11)22-8(24)9(25)23-7-15(20,21)10(26)12(23)2-3-13(16,17)6-12/h10,26H,2-7H2,1H3,(H,22,24)/t10-,12-/m1/s1. The number of carbonyl (C=O) groups excluding carboxylic acids is 2. The molecule has 148 valence electrons. The van der Waals surface area contributed by atoms with E-state index in [0.717, 1.165) is 0 Å². The minimum absolute atomic E-state index is 0.286.